The van der Waals surface area contributed by atoms with Crippen LogP contribution in [0.15, 0.2) is 18.3 Å². The minimum atomic E-state index is -4.17. The van der Waals surface area contributed by atoms with Crippen LogP contribution in [0.4, 0.5) is 19.0 Å². The molecule has 0 spiro atoms. The summed E-state index contributed by atoms with van der Waals surface area (Å²) in [6.45, 7) is 1.98. The third-order valence-corrected chi connectivity index (χ3v) is 2.23. The Balaban J connectivity index is 2.56. The van der Waals surface area contributed by atoms with Gasteiger partial charge in [-0.2, -0.15) is 13.2 Å². The number of rotatable bonds is 6. The van der Waals surface area contributed by atoms with E-state index < -0.39 is 18.6 Å². The largest absolute Gasteiger partial charge is 0.462 e. The first kappa shape index (κ1) is 15.3. The van der Waals surface area contributed by atoms with Gasteiger partial charge in [0, 0.05) is 19.2 Å². The molecular formula is C12H15F3N2O2. The quantitative estimate of drug-likeness (QED) is 0.641. The minimum Gasteiger partial charge on any atom is -0.462 e. The van der Waals surface area contributed by atoms with Crippen molar-refractivity contribution in [1.29, 1.82) is 0 Å². The van der Waals surface area contributed by atoms with Crippen molar-refractivity contribution in [3.8, 4) is 0 Å². The molecule has 1 heterocycles. The lowest BCUT2D eigenvalue weighted by molar-refractivity contribution is -0.134. The van der Waals surface area contributed by atoms with Crippen LogP contribution in [0.25, 0.3) is 0 Å². The van der Waals surface area contributed by atoms with Gasteiger partial charge in [0.05, 0.1) is 6.61 Å². The molecule has 0 aliphatic heterocycles. The zero-order valence-corrected chi connectivity index (χ0v) is 10.5. The molecule has 1 aromatic heterocycles. The van der Waals surface area contributed by atoms with E-state index >= 15 is 0 Å². The number of carbonyl (C=O) groups is 1. The lowest BCUT2D eigenvalue weighted by Gasteiger charge is -2.10. The molecule has 0 aliphatic rings. The van der Waals surface area contributed by atoms with Crippen molar-refractivity contribution in [2.24, 2.45) is 0 Å². The molecule has 4 nitrogen and oxygen atoms in total. The molecule has 0 radical (unpaired) electrons. The first-order valence-electron chi connectivity index (χ1n) is 5.87. The molecule has 0 saturated heterocycles. The number of esters is 1. The molecule has 19 heavy (non-hydrogen) atoms. The van der Waals surface area contributed by atoms with E-state index in [1.165, 1.54) is 12.3 Å². The number of hydrogen-bond acceptors (Lipinski definition) is 4. The predicted octanol–water partition coefficient (Wildman–Crippen LogP) is 3.01. The molecule has 0 unspecified atom stereocenters. The van der Waals surface area contributed by atoms with Gasteiger partial charge in [-0.15, -0.1) is 0 Å². The summed E-state index contributed by atoms with van der Waals surface area (Å²) in [4.78, 5) is 15.5. The summed E-state index contributed by atoms with van der Waals surface area (Å²) in [5.74, 6) is -0.308. The van der Waals surface area contributed by atoms with Crippen molar-refractivity contribution in [1.82, 2.24) is 4.98 Å². The summed E-state index contributed by atoms with van der Waals surface area (Å²) in [6.07, 6.45) is -3.67. The van der Waals surface area contributed by atoms with E-state index in [0.717, 1.165) is 0 Å². The van der Waals surface area contributed by atoms with E-state index in [0.29, 0.717) is 0 Å². The fourth-order valence-electron chi connectivity index (χ4n) is 1.42. The monoisotopic (exact) mass is 276 g/mol. The maximum atomic E-state index is 12.0. The number of hydrogen-bond donors (Lipinski definition) is 1. The van der Waals surface area contributed by atoms with Gasteiger partial charge in [0.15, 0.2) is 0 Å². The fraction of sp³-hybridized carbons (Fsp3) is 0.500. The van der Waals surface area contributed by atoms with E-state index in [2.05, 4.69) is 10.3 Å². The topological polar surface area (TPSA) is 51.2 Å². The third kappa shape index (κ3) is 5.58. The molecular weight excluding hydrogens is 261 g/mol. The van der Waals surface area contributed by atoms with E-state index in [1.54, 1.807) is 13.0 Å². The molecule has 0 atom stereocenters. The normalized spacial score (nSPS) is 11.2. The summed E-state index contributed by atoms with van der Waals surface area (Å²) >= 11 is 0. The highest BCUT2D eigenvalue weighted by atomic mass is 19.4. The van der Waals surface area contributed by atoms with Crippen LogP contribution >= 0.6 is 0 Å². The Hall–Kier alpha value is -1.79. The summed E-state index contributed by atoms with van der Waals surface area (Å²) in [7, 11) is 0. The highest BCUT2D eigenvalue weighted by Crippen LogP contribution is 2.21. The number of halogens is 3. The zero-order chi connectivity index (χ0) is 14.3. The van der Waals surface area contributed by atoms with Gasteiger partial charge in [-0.1, -0.05) is 0 Å². The van der Waals surface area contributed by atoms with Gasteiger partial charge < -0.3 is 10.1 Å². The van der Waals surface area contributed by atoms with Crippen molar-refractivity contribution in [3.63, 3.8) is 0 Å². The number of alkyl halides is 3. The fourth-order valence-corrected chi connectivity index (χ4v) is 1.42. The average molecular weight is 276 g/mol. The van der Waals surface area contributed by atoms with Crippen LogP contribution < -0.4 is 5.32 Å². The van der Waals surface area contributed by atoms with E-state index in [1.807, 2.05) is 0 Å². The summed E-state index contributed by atoms with van der Waals surface area (Å²) < 4.78 is 40.7. The predicted molar refractivity (Wildman–Crippen MR) is 64.0 cm³/mol. The lowest BCUT2D eigenvalue weighted by Crippen LogP contribution is -2.14. The van der Waals surface area contributed by atoms with Crippen LogP contribution in [0, 0.1) is 0 Å². The van der Waals surface area contributed by atoms with Crippen molar-refractivity contribution in [3.05, 3.63) is 23.9 Å². The van der Waals surface area contributed by atoms with Crippen molar-refractivity contribution >= 4 is 11.8 Å². The molecule has 0 amide bonds. The Morgan fingerprint density at radius 2 is 2.21 bits per heavy atom. The Bertz CT molecular complexity index is 422. The van der Waals surface area contributed by atoms with Crippen molar-refractivity contribution < 1.29 is 22.7 Å². The van der Waals surface area contributed by atoms with Gasteiger partial charge in [0.25, 0.3) is 0 Å². The highest BCUT2D eigenvalue weighted by molar-refractivity contribution is 5.94. The van der Waals surface area contributed by atoms with Gasteiger partial charge in [-0.05, 0) is 25.5 Å². The van der Waals surface area contributed by atoms with E-state index in [4.69, 9.17) is 4.74 Å². The first-order chi connectivity index (χ1) is 8.94. The van der Waals surface area contributed by atoms with Crippen LogP contribution in [-0.2, 0) is 4.74 Å². The standard InChI is InChI=1S/C12H15F3N2O2/c1-2-19-11(18)9-5-3-7-16-10(9)17-8-4-6-12(13,14)15/h3,5,7H,2,4,6,8H2,1H3,(H,16,17). The maximum Gasteiger partial charge on any atom is 0.389 e. The molecule has 7 heteroatoms. The Morgan fingerprint density at radius 1 is 1.47 bits per heavy atom. The smallest absolute Gasteiger partial charge is 0.389 e. The van der Waals surface area contributed by atoms with Crippen LogP contribution in [0.5, 0.6) is 0 Å². The molecule has 0 aliphatic carbocycles. The third-order valence-electron chi connectivity index (χ3n) is 2.23. The number of aromatic nitrogens is 1. The van der Waals surface area contributed by atoms with Gasteiger partial charge in [-0.25, -0.2) is 9.78 Å². The molecule has 1 N–H and O–H groups in total. The minimum absolute atomic E-state index is 0.0810. The highest BCUT2D eigenvalue weighted by Gasteiger charge is 2.26. The summed E-state index contributed by atoms with van der Waals surface area (Å²) in [5.41, 5.74) is 0.219. The molecule has 0 saturated carbocycles. The average Bonchev–Trinajstić information content (AvgIpc) is 2.34. The molecule has 1 rings (SSSR count). The number of carbonyl (C=O) groups excluding carboxylic acids is 1. The number of pyridine rings is 1. The van der Waals surface area contributed by atoms with Crippen LogP contribution in [0.2, 0.25) is 0 Å². The maximum absolute atomic E-state index is 12.0. The number of anilines is 1. The van der Waals surface area contributed by atoms with Crippen LogP contribution in [-0.4, -0.2) is 30.3 Å². The SMILES string of the molecule is CCOC(=O)c1cccnc1NCCCC(F)(F)F. The van der Waals surface area contributed by atoms with Crippen LogP contribution in [0.1, 0.15) is 30.1 Å². The number of nitrogens with one attached hydrogen (secondary N) is 1. The zero-order valence-electron chi connectivity index (χ0n) is 10.5. The summed E-state index contributed by atoms with van der Waals surface area (Å²) in [6, 6.07) is 3.07. The second-order valence-corrected chi connectivity index (χ2v) is 3.77. The van der Waals surface area contributed by atoms with Gasteiger partial charge >= 0.3 is 12.1 Å². The number of ether oxygens (including phenoxy) is 1. The second kappa shape index (κ2) is 6.96. The van der Waals surface area contributed by atoms with Gasteiger partial charge in [0.2, 0.25) is 0 Å². The molecule has 0 fully saturated rings. The molecule has 1 aromatic rings. The summed E-state index contributed by atoms with van der Waals surface area (Å²) in [5, 5.41) is 2.71. The van der Waals surface area contributed by atoms with E-state index in [9.17, 15) is 18.0 Å². The lowest BCUT2D eigenvalue weighted by atomic mass is 10.2. The Morgan fingerprint density at radius 3 is 2.84 bits per heavy atom. The number of nitrogens with zero attached hydrogens (tertiary/aromatic N) is 1. The van der Waals surface area contributed by atoms with Gasteiger partial charge in [0.1, 0.15) is 11.4 Å². The molecule has 106 valence electrons. The van der Waals surface area contributed by atoms with E-state index in [-0.39, 0.29) is 31.0 Å². The second-order valence-electron chi connectivity index (χ2n) is 3.77. The Kier molecular flexibility index (Phi) is 5.59. The molecule has 0 bridgehead atoms. The van der Waals surface area contributed by atoms with Gasteiger partial charge in [-0.3, -0.25) is 0 Å². The van der Waals surface area contributed by atoms with Crippen LogP contribution in [0.3, 0.4) is 0 Å². The van der Waals surface area contributed by atoms with Crippen molar-refractivity contribution in [2.75, 3.05) is 18.5 Å². The van der Waals surface area contributed by atoms with Crippen molar-refractivity contribution in [2.45, 2.75) is 25.9 Å². The Labute approximate surface area is 109 Å². The molecule has 0 aromatic carbocycles. The first-order valence-corrected chi connectivity index (χ1v) is 5.87.